The third-order valence-corrected chi connectivity index (χ3v) is 3.79. The zero-order valence-electron chi connectivity index (χ0n) is 6.02. The van der Waals surface area contributed by atoms with Crippen molar-refractivity contribution in [3.8, 4) is 0 Å². The van der Waals surface area contributed by atoms with E-state index in [0.29, 0.717) is 0 Å². The zero-order chi connectivity index (χ0) is 6.97. The highest BCUT2D eigenvalue weighted by Gasteiger charge is 2.19. The van der Waals surface area contributed by atoms with Gasteiger partial charge in [0.25, 0.3) is 0 Å². The average Bonchev–Trinajstić information content (AvgIpc) is 2.33. The number of allylic oxidation sites excluding steroid dienone is 2. The van der Waals surface area contributed by atoms with Gasteiger partial charge in [-0.2, -0.15) is 0 Å². The number of nitrogens with zero attached hydrogens (tertiary/aromatic N) is 1. The van der Waals surface area contributed by atoms with Crippen LogP contribution in [0.4, 0.5) is 0 Å². The van der Waals surface area contributed by atoms with Gasteiger partial charge >= 0.3 is 0 Å². The van der Waals surface area contributed by atoms with E-state index in [-0.39, 0.29) is 21.3 Å². The molecule has 56 valence electrons. The summed E-state index contributed by atoms with van der Waals surface area (Å²) >= 11 is -0.0295. The van der Waals surface area contributed by atoms with Gasteiger partial charge in [0.2, 0.25) is 0 Å². The Morgan fingerprint density at radius 3 is 3.50 bits per heavy atom. The molecule has 0 saturated heterocycles. The maximum absolute atomic E-state index is 4.47. The fourth-order valence-electron chi connectivity index (χ4n) is 1.41. The Hall–Kier alpha value is 0.0700. The van der Waals surface area contributed by atoms with E-state index in [4.69, 9.17) is 0 Å². The zero-order valence-corrected chi connectivity index (χ0v) is 8.18. The number of nitrogens with one attached hydrogen (secondary N) is 1. The molecule has 2 nitrogen and oxygen atoms in total. The molecule has 1 unspecified atom stereocenters. The van der Waals surface area contributed by atoms with E-state index >= 15 is 0 Å². The van der Waals surface area contributed by atoms with Crippen LogP contribution in [-0.2, 0) is 0 Å². The van der Waals surface area contributed by atoms with Crippen molar-refractivity contribution in [2.45, 2.75) is 26.2 Å². The van der Waals surface area contributed by atoms with E-state index < -0.39 is 0 Å². The van der Waals surface area contributed by atoms with Crippen molar-refractivity contribution in [2.75, 3.05) is 0 Å². The summed E-state index contributed by atoms with van der Waals surface area (Å²) in [6.07, 6.45) is 3.82. The molecule has 0 amide bonds. The molecule has 0 fully saturated rings. The van der Waals surface area contributed by atoms with Crippen molar-refractivity contribution in [3.63, 3.8) is 0 Å². The van der Waals surface area contributed by atoms with E-state index in [1.807, 2.05) is 0 Å². The lowest BCUT2D eigenvalue weighted by Gasteiger charge is -2.17. The van der Waals surface area contributed by atoms with Crippen LogP contribution in [0.1, 0.15) is 26.2 Å². The van der Waals surface area contributed by atoms with Gasteiger partial charge in [0.1, 0.15) is 21.3 Å². The first-order valence-electron chi connectivity index (χ1n) is 3.68. The highest BCUT2D eigenvalue weighted by atomic mass is 127. The molecule has 3 heteroatoms. The average molecular weight is 250 g/mol. The lowest BCUT2D eigenvalue weighted by atomic mass is 9.92. The Morgan fingerprint density at radius 2 is 2.60 bits per heavy atom. The minimum absolute atomic E-state index is 0.0295. The standard InChI is InChI=1S/C7H11IN2/c1-5-2-3-6-7(4-5)10-8-9-6/h5H,2-4H2,1H3,(H,9,10). The SMILES string of the molecule is CC1CCC2=C(C1)NI=N2. The minimum atomic E-state index is -0.0295. The van der Waals surface area contributed by atoms with Gasteiger partial charge in [-0.25, -0.2) is 3.15 Å². The number of hydrogen-bond donors (Lipinski definition) is 1. The molecule has 1 N–H and O–H groups in total. The summed E-state index contributed by atoms with van der Waals surface area (Å²) in [5.41, 5.74) is 2.86. The molecule has 0 radical (unpaired) electrons. The highest BCUT2D eigenvalue weighted by Crippen LogP contribution is 2.34. The first-order chi connectivity index (χ1) is 4.86. The number of hydrogen-bond acceptors (Lipinski definition) is 2. The predicted octanol–water partition coefficient (Wildman–Crippen LogP) is 2.69. The fraction of sp³-hybridized carbons (Fsp3) is 0.714. The van der Waals surface area contributed by atoms with E-state index in [2.05, 4.69) is 13.6 Å². The second-order valence-electron chi connectivity index (χ2n) is 3.04. The molecule has 1 atom stereocenters. The van der Waals surface area contributed by atoms with Gasteiger partial charge in [-0.15, -0.1) is 0 Å². The molecule has 0 spiro atoms. The minimum Gasteiger partial charge on any atom is -0.321 e. The Morgan fingerprint density at radius 1 is 1.70 bits per heavy atom. The molecule has 0 bridgehead atoms. The Balaban J connectivity index is 2.18. The molecule has 2 rings (SSSR count). The molecule has 2 aliphatic rings. The molecule has 0 aromatic heterocycles. The lowest BCUT2D eigenvalue weighted by Crippen LogP contribution is -2.10. The van der Waals surface area contributed by atoms with Crippen LogP contribution in [-0.4, -0.2) is 0 Å². The Bertz CT molecular complexity index is 208. The van der Waals surface area contributed by atoms with Crippen molar-refractivity contribution in [3.05, 3.63) is 11.4 Å². The van der Waals surface area contributed by atoms with Crippen LogP contribution in [0.5, 0.6) is 0 Å². The summed E-state index contributed by atoms with van der Waals surface area (Å²) in [5, 5.41) is 0. The normalized spacial score (nSPS) is 31.1. The van der Waals surface area contributed by atoms with E-state index in [1.165, 1.54) is 30.7 Å². The first-order valence-corrected chi connectivity index (χ1v) is 5.73. The maximum atomic E-state index is 4.47. The van der Waals surface area contributed by atoms with Crippen LogP contribution < -0.4 is 3.53 Å². The molecule has 0 saturated carbocycles. The van der Waals surface area contributed by atoms with Crippen molar-refractivity contribution in [1.82, 2.24) is 3.53 Å². The van der Waals surface area contributed by atoms with E-state index in [9.17, 15) is 0 Å². The van der Waals surface area contributed by atoms with Gasteiger partial charge in [-0.05, 0) is 25.2 Å². The van der Waals surface area contributed by atoms with Gasteiger partial charge in [-0.3, -0.25) is 0 Å². The summed E-state index contributed by atoms with van der Waals surface area (Å²) in [6, 6.07) is 0. The van der Waals surface area contributed by atoms with Crippen LogP contribution >= 0.6 is 21.3 Å². The Labute approximate surface area is 71.6 Å². The fourth-order valence-corrected chi connectivity index (χ4v) is 3.18. The van der Waals surface area contributed by atoms with Gasteiger partial charge in [0, 0.05) is 5.70 Å². The van der Waals surface area contributed by atoms with Crippen LogP contribution in [0.2, 0.25) is 0 Å². The highest BCUT2D eigenvalue weighted by molar-refractivity contribution is 14.1. The van der Waals surface area contributed by atoms with E-state index in [1.54, 1.807) is 0 Å². The number of halogens is 1. The predicted molar refractivity (Wildman–Crippen MR) is 49.6 cm³/mol. The third kappa shape index (κ3) is 1.11. The molecular weight excluding hydrogens is 239 g/mol. The summed E-state index contributed by atoms with van der Waals surface area (Å²) < 4.78 is 7.88. The van der Waals surface area contributed by atoms with Crippen LogP contribution in [0, 0.1) is 5.92 Å². The van der Waals surface area contributed by atoms with Crippen LogP contribution in [0.15, 0.2) is 14.5 Å². The molecule has 0 aromatic carbocycles. The van der Waals surface area contributed by atoms with Crippen LogP contribution in [0.3, 0.4) is 0 Å². The first kappa shape index (κ1) is 6.76. The monoisotopic (exact) mass is 250 g/mol. The maximum Gasteiger partial charge on any atom is 0.118 e. The quantitative estimate of drug-likeness (QED) is 0.518. The second kappa shape index (κ2) is 2.60. The topological polar surface area (TPSA) is 24.4 Å². The molecule has 1 aliphatic carbocycles. The smallest absolute Gasteiger partial charge is 0.118 e. The van der Waals surface area contributed by atoms with E-state index in [0.717, 1.165) is 5.92 Å². The molecule has 0 aromatic rings. The van der Waals surface area contributed by atoms with Gasteiger partial charge in [-0.1, -0.05) is 6.92 Å². The van der Waals surface area contributed by atoms with Crippen molar-refractivity contribution < 1.29 is 0 Å². The van der Waals surface area contributed by atoms with Gasteiger partial charge in [0.05, 0.1) is 5.70 Å². The molecular formula is C7H11IN2. The van der Waals surface area contributed by atoms with Gasteiger partial charge < -0.3 is 3.53 Å². The third-order valence-electron chi connectivity index (χ3n) is 2.08. The van der Waals surface area contributed by atoms with Crippen molar-refractivity contribution in [2.24, 2.45) is 9.06 Å². The van der Waals surface area contributed by atoms with Crippen molar-refractivity contribution >= 4 is 21.3 Å². The summed E-state index contributed by atoms with van der Waals surface area (Å²) in [4.78, 5) is 0. The summed E-state index contributed by atoms with van der Waals surface area (Å²) in [5.74, 6) is 0.878. The van der Waals surface area contributed by atoms with Crippen LogP contribution in [0.25, 0.3) is 0 Å². The molecule has 10 heavy (non-hydrogen) atoms. The Kier molecular flexibility index (Phi) is 1.76. The lowest BCUT2D eigenvalue weighted by molar-refractivity contribution is 0.490. The molecule has 1 aliphatic heterocycles. The summed E-state index contributed by atoms with van der Waals surface area (Å²) in [7, 11) is 0. The largest absolute Gasteiger partial charge is 0.321 e. The van der Waals surface area contributed by atoms with Gasteiger partial charge in [0.15, 0.2) is 0 Å². The summed E-state index contributed by atoms with van der Waals surface area (Å²) in [6.45, 7) is 2.32. The molecule has 1 heterocycles. The second-order valence-corrected chi connectivity index (χ2v) is 4.54. The number of rotatable bonds is 0. The van der Waals surface area contributed by atoms with Crippen molar-refractivity contribution in [1.29, 1.82) is 0 Å².